The smallest absolute Gasteiger partial charge is 0.399 e. The molecular formula is C42H39BO2Si2. The lowest BCUT2D eigenvalue weighted by atomic mass is 9.79. The quantitative estimate of drug-likeness (QED) is 0.269. The summed E-state index contributed by atoms with van der Waals surface area (Å²) < 4.78 is 13.0. The summed E-state index contributed by atoms with van der Waals surface area (Å²) in [6.07, 6.45) is 0. The third kappa shape index (κ3) is 4.38. The number of rotatable bonds is 5. The molecule has 0 spiro atoms. The molecule has 0 radical (unpaired) electrons. The summed E-state index contributed by atoms with van der Waals surface area (Å²) in [6.45, 7) is 8.46. The first-order valence-electron chi connectivity index (χ1n) is 16.6. The first-order valence-corrected chi connectivity index (χ1v) is 20.6. The highest BCUT2D eigenvalue weighted by atomic mass is 28.3. The van der Waals surface area contributed by atoms with Crippen LogP contribution in [-0.4, -0.2) is 34.5 Å². The lowest BCUT2D eigenvalue weighted by Gasteiger charge is -2.48. The van der Waals surface area contributed by atoms with Crippen LogP contribution in [0.4, 0.5) is 0 Å². The van der Waals surface area contributed by atoms with Crippen LogP contribution < -0.4 is 47.0 Å². The van der Waals surface area contributed by atoms with Gasteiger partial charge in [-0.05, 0) is 74.7 Å². The predicted octanol–water partition coefficient (Wildman–Crippen LogP) is 3.05. The van der Waals surface area contributed by atoms with E-state index >= 15 is 0 Å². The zero-order valence-electron chi connectivity index (χ0n) is 27.5. The van der Waals surface area contributed by atoms with Crippen LogP contribution in [-0.2, 0) is 9.31 Å². The largest absolute Gasteiger partial charge is 0.494 e. The lowest BCUT2D eigenvalue weighted by molar-refractivity contribution is 0.00578. The molecule has 0 aromatic heterocycles. The van der Waals surface area contributed by atoms with Gasteiger partial charge in [0.2, 0.25) is 0 Å². The van der Waals surface area contributed by atoms with Crippen LogP contribution in [0.15, 0.2) is 164 Å². The fourth-order valence-corrected chi connectivity index (χ4v) is 20.1. The molecule has 8 rings (SSSR count). The highest BCUT2D eigenvalue weighted by Crippen LogP contribution is 2.36. The normalized spacial score (nSPS) is 18.3. The van der Waals surface area contributed by atoms with E-state index < -0.39 is 23.3 Å². The summed E-state index contributed by atoms with van der Waals surface area (Å²) in [5.74, 6) is 0. The van der Waals surface area contributed by atoms with E-state index in [1.54, 1.807) is 0 Å². The zero-order valence-corrected chi connectivity index (χ0v) is 29.5. The Balaban J connectivity index is 1.44. The van der Waals surface area contributed by atoms with Crippen molar-refractivity contribution in [2.45, 2.75) is 38.9 Å². The van der Waals surface area contributed by atoms with Gasteiger partial charge < -0.3 is 9.31 Å². The zero-order chi connectivity index (χ0) is 32.3. The van der Waals surface area contributed by atoms with Crippen molar-refractivity contribution < 1.29 is 9.31 Å². The van der Waals surface area contributed by atoms with Gasteiger partial charge in [0.15, 0.2) is 16.1 Å². The summed E-state index contributed by atoms with van der Waals surface area (Å²) in [4.78, 5) is 0. The Morgan fingerprint density at radius 2 is 0.638 bits per heavy atom. The number of benzene rings is 6. The standard InChI is InChI=1S/C42H39BO2Si2/c1-41(2)42(3,4)45-43(44-41)32-28-30-36(31-29-32)47(35-22-12-7-13-23-35)39-26-16-14-24-37(39)46(33-18-8-5-9-19-33,34-20-10-6-11-21-34)38-25-15-17-27-40(38)47/h5-31H,1-4H3. The summed E-state index contributed by atoms with van der Waals surface area (Å²) in [6, 6.07) is 61.9. The molecule has 1 fully saturated rings. The highest BCUT2D eigenvalue weighted by molar-refractivity contribution is 7.32. The van der Waals surface area contributed by atoms with E-state index in [1.165, 1.54) is 41.5 Å². The maximum absolute atomic E-state index is 6.48. The topological polar surface area (TPSA) is 18.5 Å². The molecule has 0 saturated carbocycles. The molecule has 0 unspecified atom stereocenters. The second kappa shape index (κ2) is 11.2. The predicted molar refractivity (Wildman–Crippen MR) is 203 cm³/mol. The third-order valence-electron chi connectivity index (χ3n) is 11.0. The van der Waals surface area contributed by atoms with Crippen molar-refractivity contribution in [2.24, 2.45) is 0 Å². The van der Waals surface area contributed by atoms with Crippen LogP contribution in [0, 0.1) is 0 Å². The Morgan fingerprint density at radius 1 is 0.362 bits per heavy atom. The molecule has 2 aliphatic heterocycles. The second-order valence-corrected chi connectivity index (χ2v) is 21.4. The minimum atomic E-state index is -2.80. The molecule has 230 valence electrons. The Labute approximate surface area is 281 Å². The Bertz CT molecular complexity index is 1940. The Hall–Kier alpha value is -4.26. The van der Waals surface area contributed by atoms with Gasteiger partial charge >= 0.3 is 7.12 Å². The molecule has 5 heteroatoms. The van der Waals surface area contributed by atoms with Gasteiger partial charge in [0.25, 0.3) is 0 Å². The lowest BCUT2D eigenvalue weighted by Crippen LogP contribution is -2.93. The molecule has 1 saturated heterocycles. The van der Waals surface area contributed by atoms with Crippen molar-refractivity contribution in [1.82, 2.24) is 0 Å². The SMILES string of the molecule is CC1(C)OB(c2ccc([Si]3(c4ccccc4)c4ccccc4[Si](c4ccccc4)(c4ccccc4)c4ccccc43)cc2)OC1(C)C. The van der Waals surface area contributed by atoms with Gasteiger partial charge in [-0.15, -0.1) is 0 Å². The van der Waals surface area contributed by atoms with Gasteiger partial charge in [0, 0.05) is 0 Å². The van der Waals surface area contributed by atoms with Crippen LogP contribution in [0.5, 0.6) is 0 Å². The van der Waals surface area contributed by atoms with E-state index in [4.69, 9.17) is 9.31 Å². The molecule has 47 heavy (non-hydrogen) atoms. The summed E-state index contributed by atoms with van der Waals surface area (Å²) in [5.41, 5.74) is 0.278. The molecule has 0 amide bonds. The van der Waals surface area contributed by atoms with Crippen molar-refractivity contribution in [3.63, 3.8) is 0 Å². The number of hydrogen-bond donors (Lipinski definition) is 0. The molecule has 0 bridgehead atoms. The molecule has 2 aliphatic rings. The van der Waals surface area contributed by atoms with Crippen LogP contribution in [0.1, 0.15) is 27.7 Å². The minimum absolute atomic E-state index is 0.388. The molecule has 2 heterocycles. The van der Waals surface area contributed by atoms with Gasteiger partial charge in [-0.2, -0.15) is 0 Å². The molecule has 2 nitrogen and oxygen atoms in total. The highest BCUT2D eigenvalue weighted by Gasteiger charge is 2.56. The first-order chi connectivity index (χ1) is 22.8. The Kier molecular flexibility index (Phi) is 7.15. The maximum Gasteiger partial charge on any atom is 0.494 e. The molecule has 6 aromatic rings. The van der Waals surface area contributed by atoms with Crippen LogP contribution in [0.25, 0.3) is 0 Å². The molecular weight excluding hydrogens is 603 g/mol. The van der Waals surface area contributed by atoms with Crippen molar-refractivity contribution in [3.8, 4) is 0 Å². The molecule has 0 N–H and O–H groups in total. The van der Waals surface area contributed by atoms with Gasteiger partial charge in [0.1, 0.15) is 0 Å². The number of fused-ring (bicyclic) bond motifs is 2. The van der Waals surface area contributed by atoms with Crippen LogP contribution in [0.3, 0.4) is 0 Å². The minimum Gasteiger partial charge on any atom is -0.399 e. The molecule has 6 aromatic carbocycles. The van der Waals surface area contributed by atoms with E-state index in [9.17, 15) is 0 Å². The van der Waals surface area contributed by atoms with E-state index in [0.29, 0.717) is 0 Å². The number of hydrogen-bond acceptors (Lipinski definition) is 2. The maximum atomic E-state index is 6.48. The van der Waals surface area contributed by atoms with Crippen LogP contribution >= 0.6 is 0 Å². The fourth-order valence-electron chi connectivity index (χ4n) is 8.08. The molecule has 0 aliphatic carbocycles. The monoisotopic (exact) mass is 642 g/mol. The summed E-state index contributed by atoms with van der Waals surface area (Å²) in [7, 11) is -5.89. The average Bonchev–Trinajstić information content (AvgIpc) is 3.34. The van der Waals surface area contributed by atoms with E-state index in [2.05, 4.69) is 191 Å². The van der Waals surface area contributed by atoms with Crippen molar-refractivity contribution >= 4 is 70.2 Å². The van der Waals surface area contributed by atoms with Gasteiger partial charge in [-0.25, -0.2) is 0 Å². The average molecular weight is 643 g/mol. The van der Waals surface area contributed by atoms with Gasteiger partial charge in [-0.1, -0.05) is 164 Å². The van der Waals surface area contributed by atoms with Crippen molar-refractivity contribution in [1.29, 1.82) is 0 Å². The van der Waals surface area contributed by atoms with Crippen molar-refractivity contribution in [2.75, 3.05) is 0 Å². The third-order valence-corrected chi connectivity index (χ3v) is 21.2. The molecule has 0 atom stereocenters. The van der Waals surface area contributed by atoms with Gasteiger partial charge in [-0.3, -0.25) is 0 Å². The van der Waals surface area contributed by atoms with Gasteiger partial charge in [0.05, 0.1) is 11.2 Å². The van der Waals surface area contributed by atoms with Crippen LogP contribution in [0.2, 0.25) is 0 Å². The second-order valence-electron chi connectivity index (χ2n) is 13.9. The first kappa shape index (κ1) is 30.1. The fraction of sp³-hybridized carbons (Fsp3) is 0.143. The van der Waals surface area contributed by atoms with E-state index in [0.717, 1.165) is 5.46 Å². The van der Waals surface area contributed by atoms with Crippen molar-refractivity contribution in [3.05, 3.63) is 164 Å². The van der Waals surface area contributed by atoms with E-state index in [-0.39, 0.29) is 11.2 Å². The van der Waals surface area contributed by atoms with E-state index in [1.807, 2.05) is 0 Å². The Morgan fingerprint density at radius 3 is 0.957 bits per heavy atom. The summed E-state index contributed by atoms with van der Waals surface area (Å²) >= 11 is 0. The summed E-state index contributed by atoms with van der Waals surface area (Å²) in [5, 5.41) is 11.5.